The Hall–Kier alpha value is 0.0200. The van der Waals surface area contributed by atoms with Crippen molar-refractivity contribution >= 4 is 17.7 Å². The molecule has 0 heterocycles. The van der Waals surface area contributed by atoms with Crippen molar-refractivity contribution in [3.63, 3.8) is 0 Å². The summed E-state index contributed by atoms with van der Waals surface area (Å²) in [4.78, 5) is 18.2. The predicted molar refractivity (Wildman–Crippen MR) is 73.6 cm³/mol. The topological polar surface area (TPSA) is 124 Å². The molecule has 2 rings (SSSR count). The summed E-state index contributed by atoms with van der Waals surface area (Å²) in [5.41, 5.74) is 0. The van der Waals surface area contributed by atoms with Gasteiger partial charge >= 0.3 is 7.60 Å². The molecular weight excluding hydrogens is 305 g/mol. The van der Waals surface area contributed by atoms with E-state index in [9.17, 15) is 13.0 Å². The lowest BCUT2D eigenvalue weighted by Crippen LogP contribution is -2.43. The second-order valence-electron chi connectivity index (χ2n) is 5.94. The second kappa shape index (κ2) is 6.02. The lowest BCUT2D eigenvalue weighted by Gasteiger charge is -2.25. The fraction of sp³-hybridized carbons (Fsp3) is 1.00. The van der Waals surface area contributed by atoms with Gasteiger partial charge in [0.05, 0.1) is 0 Å². The molecule has 4 atom stereocenters. The first-order valence-corrected chi connectivity index (χ1v) is 10.1. The van der Waals surface area contributed by atoms with Crippen LogP contribution in [0.2, 0.25) is 0 Å². The van der Waals surface area contributed by atoms with Crippen LogP contribution in [0.25, 0.3) is 0 Å². The third kappa shape index (κ3) is 4.02. The molecule has 9 heteroatoms. The molecule has 2 aliphatic rings. The smallest absolute Gasteiger partial charge is 0.323 e. The lowest BCUT2D eigenvalue weighted by atomic mass is 9.91. The van der Waals surface area contributed by atoms with E-state index in [2.05, 4.69) is 5.32 Å². The Bertz CT molecular complexity index is 489. The van der Waals surface area contributed by atoms with Crippen LogP contribution in [0.5, 0.6) is 0 Å². The number of nitrogens with one attached hydrogen (secondary N) is 1. The Balaban J connectivity index is 2.08. The van der Waals surface area contributed by atoms with Gasteiger partial charge in [0.25, 0.3) is 10.1 Å². The van der Waals surface area contributed by atoms with Gasteiger partial charge in [-0.1, -0.05) is 32.1 Å². The van der Waals surface area contributed by atoms with Crippen LogP contribution in [-0.2, 0) is 14.7 Å². The number of fused-ring (bicyclic) bond motifs is 1. The zero-order valence-corrected chi connectivity index (χ0v) is 12.9. The fourth-order valence-corrected chi connectivity index (χ4v) is 5.78. The maximum atomic E-state index is 11.3. The highest BCUT2D eigenvalue weighted by molar-refractivity contribution is 7.93. The van der Waals surface area contributed by atoms with Gasteiger partial charge in [-0.3, -0.25) is 14.4 Å². The minimum atomic E-state index is -4.96. The summed E-state index contributed by atoms with van der Waals surface area (Å²) in [6, 6.07) is -0.275. The molecule has 0 aromatic rings. The summed E-state index contributed by atoms with van der Waals surface area (Å²) in [7, 11) is -9.79. The van der Waals surface area contributed by atoms with E-state index in [0.717, 1.165) is 25.7 Å². The first kappa shape index (κ1) is 16.4. The molecule has 0 aromatic carbocycles. The van der Waals surface area contributed by atoms with E-state index < -0.39 is 22.8 Å². The zero-order valence-electron chi connectivity index (χ0n) is 11.2. The van der Waals surface area contributed by atoms with Crippen LogP contribution >= 0.6 is 7.60 Å². The van der Waals surface area contributed by atoms with Crippen LogP contribution in [0.15, 0.2) is 0 Å². The van der Waals surface area contributed by atoms with Gasteiger partial charge in [-0.05, 0) is 24.7 Å². The molecule has 0 saturated heterocycles. The monoisotopic (exact) mass is 327 g/mol. The second-order valence-corrected chi connectivity index (χ2v) is 9.48. The minimum absolute atomic E-state index is 0.275. The Kier molecular flexibility index (Phi) is 4.94. The number of hydrogen-bond donors (Lipinski definition) is 4. The molecule has 118 valence electrons. The molecule has 2 aliphatic carbocycles. The lowest BCUT2D eigenvalue weighted by molar-refractivity contribution is 0.319. The van der Waals surface area contributed by atoms with E-state index in [1.54, 1.807) is 0 Å². The fourth-order valence-electron chi connectivity index (χ4n) is 3.62. The molecule has 20 heavy (non-hydrogen) atoms. The number of rotatable bonds is 4. The molecule has 0 bridgehead atoms. The third-order valence-corrected chi connectivity index (χ3v) is 7.58. The standard InChI is InChI=1S/C11H22NO6PS/c13-19(14,15)11(20(16,17)18)12-10-6-2-4-8-3-1-5-9(8)7-10/h8-12H,1-7H2,(H2,13,14,15)(H,16,17,18). The van der Waals surface area contributed by atoms with Crippen LogP contribution in [-0.4, -0.2) is 33.9 Å². The summed E-state index contributed by atoms with van der Waals surface area (Å²) in [6.07, 6.45) is 6.86. The SMILES string of the molecule is O=P(O)(O)C(NC1CCCC2CCCC2C1)S(=O)(=O)O. The Morgan fingerprint density at radius 1 is 1.05 bits per heavy atom. The summed E-state index contributed by atoms with van der Waals surface area (Å²) in [6.45, 7) is 0. The van der Waals surface area contributed by atoms with Crippen LogP contribution < -0.4 is 5.32 Å². The molecule has 0 aromatic heterocycles. The van der Waals surface area contributed by atoms with E-state index >= 15 is 0 Å². The largest absolute Gasteiger partial charge is 0.360 e. The van der Waals surface area contributed by atoms with Crippen molar-refractivity contribution in [1.29, 1.82) is 0 Å². The van der Waals surface area contributed by atoms with Crippen molar-refractivity contribution < 1.29 is 27.3 Å². The molecule has 0 aliphatic heterocycles. The van der Waals surface area contributed by atoms with Crippen molar-refractivity contribution in [1.82, 2.24) is 5.32 Å². The van der Waals surface area contributed by atoms with Gasteiger partial charge in [0.1, 0.15) is 0 Å². The van der Waals surface area contributed by atoms with Crippen molar-refractivity contribution in [2.75, 3.05) is 0 Å². The van der Waals surface area contributed by atoms with Gasteiger partial charge in [-0.25, -0.2) is 0 Å². The molecular formula is C11H22NO6PS. The molecule has 0 spiro atoms. The minimum Gasteiger partial charge on any atom is -0.323 e. The molecule has 0 radical (unpaired) electrons. The summed E-state index contributed by atoms with van der Waals surface area (Å²) >= 11 is 0. The Labute approximate surface area is 119 Å². The van der Waals surface area contributed by atoms with Crippen molar-refractivity contribution in [3.05, 3.63) is 0 Å². The first-order valence-electron chi connectivity index (χ1n) is 6.95. The molecule has 2 saturated carbocycles. The molecule has 0 amide bonds. The Morgan fingerprint density at radius 3 is 2.15 bits per heavy atom. The van der Waals surface area contributed by atoms with Crippen molar-refractivity contribution in [2.45, 2.75) is 56.1 Å². The zero-order chi connectivity index (χ0) is 15.0. The first-order chi connectivity index (χ1) is 9.18. The summed E-state index contributed by atoms with van der Waals surface area (Å²) in [5, 5.41) is 0.277. The number of hydrogen-bond acceptors (Lipinski definition) is 4. The van der Waals surface area contributed by atoms with Crippen LogP contribution in [0.1, 0.15) is 44.9 Å². The quantitative estimate of drug-likeness (QED) is 0.453. The highest BCUT2D eigenvalue weighted by Gasteiger charge is 2.42. The normalized spacial score (nSPS) is 33.5. The highest BCUT2D eigenvalue weighted by atomic mass is 32.2. The average Bonchev–Trinajstić information content (AvgIpc) is 2.61. The van der Waals surface area contributed by atoms with E-state index in [1.807, 2.05) is 0 Å². The molecule has 4 unspecified atom stereocenters. The average molecular weight is 327 g/mol. The highest BCUT2D eigenvalue weighted by Crippen LogP contribution is 2.45. The van der Waals surface area contributed by atoms with E-state index in [4.69, 9.17) is 14.3 Å². The van der Waals surface area contributed by atoms with E-state index in [0.29, 0.717) is 18.3 Å². The third-order valence-electron chi connectivity index (χ3n) is 4.50. The molecule has 4 N–H and O–H groups in total. The molecule has 2 fully saturated rings. The molecule has 7 nitrogen and oxygen atoms in total. The maximum absolute atomic E-state index is 11.3. The van der Waals surface area contributed by atoms with E-state index in [1.165, 1.54) is 12.8 Å². The Morgan fingerprint density at radius 2 is 1.60 bits per heavy atom. The van der Waals surface area contributed by atoms with E-state index in [-0.39, 0.29) is 6.04 Å². The summed E-state index contributed by atoms with van der Waals surface area (Å²) < 4.78 is 42.6. The van der Waals surface area contributed by atoms with Gasteiger partial charge < -0.3 is 9.79 Å². The van der Waals surface area contributed by atoms with Crippen molar-refractivity contribution in [2.24, 2.45) is 11.8 Å². The van der Waals surface area contributed by atoms with Gasteiger partial charge in [0, 0.05) is 6.04 Å². The van der Waals surface area contributed by atoms with Crippen LogP contribution in [0, 0.1) is 11.8 Å². The van der Waals surface area contributed by atoms with Crippen LogP contribution in [0.4, 0.5) is 0 Å². The van der Waals surface area contributed by atoms with Crippen molar-refractivity contribution in [3.8, 4) is 0 Å². The van der Waals surface area contributed by atoms with Crippen LogP contribution in [0.3, 0.4) is 0 Å². The van der Waals surface area contributed by atoms with Gasteiger partial charge in [0.2, 0.25) is 5.11 Å². The summed E-state index contributed by atoms with van der Waals surface area (Å²) in [5.74, 6) is 1.15. The van der Waals surface area contributed by atoms with Gasteiger partial charge in [-0.2, -0.15) is 8.42 Å². The predicted octanol–water partition coefficient (Wildman–Crippen LogP) is 1.28. The maximum Gasteiger partial charge on any atom is 0.360 e. The van der Waals surface area contributed by atoms with Gasteiger partial charge in [-0.15, -0.1) is 0 Å². The van der Waals surface area contributed by atoms with Gasteiger partial charge in [0.15, 0.2) is 0 Å².